The van der Waals surface area contributed by atoms with Gasteiger partial charge in [0.2, 0.25) is 0 Å². The van der Waals surface area contributed by atoms with Gasteiger partial charge < -0.3 is 14.8 Å². The molecule has 2 aromatic rings. The van der Waals surface area contributed by atoms with E-state index in [-0.39, 0.29) is 17.9 Å². The van der Waals surface area contributed by atoms with Crippen LogP contribution in [-0.2, 0) is 7.05 Å². The molecule has 0 fully saturated rings. The zero-order valence-corrected chi connectivity index (χ0v) is 13.6. The highest BCUT2D eigenvalue weighted by Crippen LogP contribution is 2.34. The number of nitrogens with one attached hydrogen (secondary N) is 1. The first-order valence-corrected chi connectivity index (χ1v) is 7.73. The van der Waals surface area contributed by atoms with Crippen LogP contribution in [0.5, 0.6) is 11.5 Å². The third kappa shape index (κ3) is 3.31. The summed E-state index contributed by atoms with van der Waals surface area (Å²) in [5.41, 5.74) is 1.55. The Labute approximate surface area is 135 Å². The largest absolute Gasteiger partial charge is 0.486 e. The molecule has 1 aliphatic rings. The fourth-order valence-electron chi connectivity index (χ4n) is 2.65. The number of nitrogens with zero attached hydrogens (tertiary/aromatic N) is 2. The van der Waals surface area contributed by atoms with Gasteiger partial charge in [-0.2, -0.15) is 5.10 Å². The molecule has 122 valence electrons. The standard InChI is InChI=1S/C17H21N3O3/c1-11(2)16(19-17(21)13-9-18-20(3)10-13)12-4-5-14-15(8-12)23-7-6-22-14/h4-5,8-11,16H,6-7H2,1-3H3,(H,19,21)/t16-/m0/s1. The van der Waals surface area contributed by atoms with Crippen molar-refractivity contribution < 1.29 is 14.3 Å². The van der Waals surface area contributed by atoms with Crippen LogP contribution in [0.2, 0.25) is 0 Å². The van der Waals surface area contributed by atoms with E-state index >= 15 is 0 Å². The summed E-state index contributed by atoms with van der Waals surface area (Å²) in [7, 11) is 1.79. The summed E-state index contributed by atoms with van der Waals surface area (Å²) in [6.07, 6.45) is 3.27. The van der Waals surface area contributed by atoms with Crippen LogP contribution in [0.3, 0.4) is 0 Å². The van der Waals surface area contributed by atoms with Gasteiger partial charge in [0, 0.05) is 13.2 Å². The van der Waals surface area contributed by atoms with Gasteiger partial charge in [0.1, 0.15) is 13.2 Å². The second kappa shape index (κ2) is 6.32. The van der Waals surface area contributed by atoms with Gasteiger partial charge in [-0.1, -0.05) is 19.9 Å². The number of aryl methyl sites for hydroxylation is 1. The molecule has 1 amide bonds. The molecule has 1 aliphatic heterocycles. The Morgan fingerprint density at radius 3 is 2.65 bits per heavy atom. The normalized spacial score (nSPS) is 14.6. The van der Waals surface area contributed by atoms with E-state index in [2.05, 4.69) is 24.3 Å². The summed E-state index contributed by atoms with van der Waals surface area (Å²) < 4.78 is 12.8. The van der Waals surface area contributed by atoms with Crippen LogP contribution in [0.15, 0.2) is 30.6 Å². The molecule has 0 unspecified atom stereocenters. The van der Waals surface area contributed by atoms with Crippen LogP contribution in [-0.4, -0.2) is 28.9 Å². The molecular weight excluding hydrogens is 294 g/mol. The highest BCUT2D eigenvalue weighted by Gasteiger charge is 2.22. The van der Waals surface area contributed by atoms with Gasteiger partial charge in [0.25, 0.3) is 5.91 Å². The predicted molar refractivity (Wildman–Crippen MR) is 85.7 cm³/mol. The van der Waals surface area contributed by atoms with Gasteiger partial charge in [0.15, 0.2) is 11.5 Å². The smallest absolute Gasteiger partial charge is 0.254 e. The Morgan fingerprint density at radius 1 is 1.26 bits per heavy atom. The predicted octanol–water partition coefficient (Wildman–Crippen LogP) is 2.32. The first-order valence-electron chi connectivity index (χ1n) is 7.73. The SMILES string of the molecule is CC(C)[C@H](NC(=O)c1cnn(C)c1)c1ccc2c(c1)OCCO2. The van der Waals surface area contributed by atoms with E-state index in [4.69, 9.17) is 9.47 Å². The summed E-state index contributed by atoms with van der Waals surface area (Å²) in [5, 5.41) is 7.12. The van der Waals surface area contributed by atoms with Gasteiger partial charge in [-0.25, -0.2) is 0 Å². The topological polar surface area (TPSA) is 65.4 Å². The summed E-state index contributed by atoms with van der Waals surface area (Å²) >= 11 is 0. The van der Waals surface area contributed by atoms with Crippen molar-refractivity contribution in [1.29, 1.82) is 0 Å². The Balaban J connectivity index is 1.82. The van der Waals surface area contributed by atoms with Gasteiger partial charge in [-0.05, 0) is 23.6 Å². The number of benzene rings is 1. The van der Waals surface area contributed by atoms with E-state index in [1.807, 2.05) is 18.2 Å². The maximum atomic E-state index is 12.4. The molecule has 0 bridgehead atoms. The summed E-state index contributed by atoms with van der Waals surface area (Å²) in [6.45, 7) is 5.26. The minimum absolute atomic E-state index is 0.112. The number of hydrogen-bond acceptors (Lipinski definition) is 4. The second-order valence-electron chi connectivity index (χ2n) is 6.00. The molecule has 1 atom stereocenters. The first kappa shape index (κ1) is 15.4. The van der Waals surface area contributed by atoms with Crippen molar-refractivity contribution in [2.75, 3.05) is 13.2 Å². The van der Waals surface area contributed by atoms with Crippen LogP contribution in [0.25, 0.3) is 0 Å². The molecule has 1 aromatic heterocycles. The average molecular weight is 315 g/mol. The van der Waals surface area contributed by atoms with Crippen molar-refractivity contribution >= 4 is 5.91 Å². The van der Waals surface area contributed by atoms with E-state index in [1.54, 1.807) is 24.1 Å². The third-order valence-electron chi connectivity index (χ3n) is 3.85. The molecule has 1 aromatic carbocycles. The lowest BCUT2D eigenvalue weighted by Gasteiger charge is -2.25. The summed E-state index contributed by atoms with van der Waals surface area (Å²) in [4.78, 5) is 12.4. The van der Waals surface area contributed by atoms with E-state index < -0.39 is 0 Å². The van der Waals surface area contributed by atoms with Crippen molar-refractivity contribution in [3.05, 3.63) is 41.7 Å². The van der Waals surface area contributed by atoms with E-state index in [0.29, 0.717) is 18.8 Å². The van der Waals surface area contributed by atoms with E-state index in [9.17, 15) is 4.79 Å². The molecule has 6 nitrogen and oxygen atoms in total. The third-order valence-corrected chi connectivity index (χ3v) is 3.85. The van der Waals surface area contributed by atoms with Gasteiger partial charge in [-0.15, -0.1) is 0 Å². The molecule has 0 radical (unpaired) electrons. The molecule has 0 spiro atoms. The minimum atomic E-state index is -0.133. The number of rotatable bonds is 4. The van der Waals surface area contributed by atoms with Crippen molar-refractivity contribution in [3.63, 3.8) is 0 Å². The minimum Gasteiger partial charge on any atom is -0.486 e. The second-order valence-corrected chi connectivity index (χ2v) is 6.00. The maximum absolute atomic E-state index is 12.4. The van der Waals surface area contributed by atoms with E-state index in [0.717, 1.165) is 17.1 Å². The first-order chi connectivity index (χ1) is 11.0. The van der Waals surface area contributed by atoms with Crippen molar-refractivity contribution in [2.45, 2.75) is 19.9 Å². The van der Waals surface area contributed by atoms with E-state index in [1.165, 1.54) is 0 Å². The number of amides is 1. The number of hydrogen-bond donors (Lipinski definition) is 1. The highest BCUT2D eigenvalue weighted by atomic mass is 16.6. The quantitative estimate of drug-likeness (QED) is 0.940. The van der Waals surface area contributed by atoms with Gasteiger partial charge in [0.05, 0.1) is 17.8 Å². The monoisotopic (exact) mass is 315 g/mol. The Kier molecular flexibility index (Phi) is 4.23. The van der Waals surface area contributed by atoms with Gasteiger partial charge >= 0.3 is 0 Å². The van der Waals surface area contributed by atoms with Crippen LogP contribution < -0.4 is 14.8 Å². The van der Waals surface area contributed by atoms with Crippen LogP contribution in [0, 0.1) is 5.92 Å². The number of fused-ring (bicyclic) bond motifs is 1. The number of carbonyl (C=O) groups excluding carboxylic acids is 1. The number of carbonyl (C=O) groups is 1. The lowest BCUT2D eigenvalue weighted by molar-refractivity contribution is 0.0925. The zero-order valence-electron chi connectivity index (χ0n) is 13.6. The van der Waals surface area contributed by atoms with Crippen molar-refractivity contribution in [3.8, 4) is 11.5 Å². The molecule has 6 heteroatoms. The molecule has 2 heterocycles. The molecule has 0 saturated carbocycles. The maximum Gasteiger partial charge on any atom is 0.254 e. The van der Waals surface area contributed by atoms with Crippen LogP contribution in [0.4, 0.5) is 0 Å². The fourth-order valence-corrected chi connectivity index (χ4v) is 2.65. The Bertz CT molecular complexity index is 709. The molecule has 0 aliphatic carbocycles. The lowest BCUT2D eigenvalue weighted by atomic mass is 9.95. The van der Waals surface area contributed by atoms with Crippen molar-refractivity contribution in [1.82, 2.24) is 15.1 Å². The molecule has 23 heavy (non-hydrogen) atoms. The van der Waals surface area contributed by atoms with Gasteiger partial charge in [-0.3, -0.25) is 9.48 Å². The number of ether oxygens (including phenoxy) is 2. The molecule has 3 rings (SSSR count). The summed E-state index contributed by atoms with van der Waals surface area (Å²) in [5.74, 6) is 1.58. The molecule has 1 N–H and O–H groups in total. The number of aromatic nitrogens is 2. The molecule has 0 saturated heterocycles. The summed E-state index contributed by atoms with van der Waals surface area (Å²) in [6, 6.07) is 5.71. The van der Waals surface area contributed by atoms with Crippen LogP contribution in [0.1, 0.15) is 35.8 Å². The average Bonchev–Trinajstić information content (AvgIpc) is 2.98. The zero-order chi connectivity index (χ0) is 16.4. The van der Waals surface area contributed by atoms with Crippen LogP contribution >= 0.6 is 0 Å². The fraction of sp³-hybridized carbons (Fsp3) is 0.412. The molecular formula is C17H21N3O3. The Morgan fingerprint density at radius 2 is 2.00 bits per heavy atom. The lowest BCUT2D eigenvalue weighted by Crippen LogP contribution is -2.31. The van der Waals surface area contributed by atoms with Crippen molar-refractivity contribution in [2.24, 2.45) is 13.0 Å². The Hall–Kier alpha value is -2.50. The highest BCUT2D eigenvalue weighted by molar-refractivity contribution is 5.94.